The third kappa shape index (κ3) is 6.36. The molecule has 122 valence electrons. The van der Waals surface area contributed by atoms with Crippen LogP contribution in [0.3, 0.4) is 0 Å². The van der Waals surface area contributed by atoms with Gasteiger partial charge in [0.1, 0.15) is 0 Å². The maximum Gasteiger partial charge on any atom is 0.317 e. The molecule has 5 nitrogen and oxygen atoms in total. The minimum absolute atomic E-state index is 0.0188. The fourth-order valence-corrected chi connectivity index (χ4v) is 3.17. The molecular formula is C16H31N3O2. The van der Waals surface area contributed by atoms with Gasteiger partial charge in [0.15, 0.2) is 0 Å². The summed E-state index contributed by atoms with van der Waals surface area (Å²) in [4.78, 5) is 27.5. The van der Waals surface area contributed by atoms with Crippen LogP contribution in [-0.2, 0) is 4.79 Å². The average Bonchev–Trinajstić information content (AvgIpc) is 2.49. The monoisotopic (exact) mass is 297 g/mol. The molecule has 0 aromatic rings. The largest absolute Gasteiger partial charge is 0.341 e. The van der Waals surface area contributed by atoms with Crippen molar-refractivity contribution in [2.24, 2.45) is 5.41 Å². The SMILES string of the molecule is CC(=O)N1CCCN(C(=O)NC(C)(C)CC(C)(C)C)CC1. The second-order valence-corrected chi connectivity index (χ2v) is 7.90. The number of nitrogens with zero attached hydrogens (tertiary/aromatic N) is 2. The first kappa shape index (κ1) is 17.8. The van der Waals surface area contributed by atoms with Gasteiger partial charge in [0, 0.05) is 38.6 Å². The van der Waals surface area contributed by atoms with Gasteiger partial charge in [-0.05, 0) is 32.1 Å². The van der Waals surface area contributed by atoms with Gasteiger partial charge >= 0.3 is 6.03 Å². The molecular weight excluding hydrogens is 266 g/mol. The van der Waals surface area contributed by atoms with Crippen LogP contribution in [0, 0.1) is 5.41 Å². The first-order valence-corrected chi connectivity index (χ1v) is 7.83. The summed E-state index contributed by atoms with van der Waals surface area (Å²) in [6.07, 6.45) is 1.76. The van der Waals surface area contributed by atoms with E-state index in [4.69, 9.17) is 0 Å². The number of carbonyl (C=O) groups is 2. The van der Waals surface area contributed by atoms with Gasteiger partial charge in [0.05, 0.1) is 0 Å². The van der Waals surface area contributed by atoms with Crippen molar-refractivity contribution in [3.05, 3.63) is 0 Å². The van der Waals surface area contributed by atoms with E-state index in [1.165, 1.54) is 0 Å². The Morgan fingerprint density at radius 3 is 2.00 bits per heavy atom. The maximum atomic E-state index is 12.4. The molecule has 0 bridgehead atoms. The topological polar surface area (TPSA) is 52.7 Å². The van der Waals surface area contributed by atoms with Gasteiger partial charge in [0.25, 0.3) is 0 Å². The van der Waals surface area contributed by atoms with Gasteiger partial charge in [-0.25, -0.2) is 4.79 Å². The first-order valence-electron chi connectivity index (χ1n) is 7.83. The summed E-state index contributed by atoms with van der Waals surface area (Å²) >= 11 is 0. The van der Waals surface area contributed by atoms with Crippen molar-refractivity contribution in [1.82, 2.24) is 15.1 Å². The highest BCUT2D eigenvalue weighted by atomic mass is 16.2. The molecule has 1 rings (SSSR count). The predicted molar refractivity (Wildman–Crippen MR) is 85.1 cm³/mol. The van der Waals surface area contributed by atoms with Crippen LogP contribution in [0.15, 0.2) is 0 Å². The molecule has 1 heterocycles. The van der Waals surface area contributed by atoms with E-state index in [1.54, 1.807) is 6.92 Å². The Bertz CT molecular complexity index is 385. The van der Waals surface area contributed by atoms with E-state index in [0.29, 0.717) is 19.6 Å². The van der Waals surface area contributed by atoms with Gasteiger partial charge in [-0.2, -0.15) is 0 Å². The molecule has 1 aliphatic rings. The molecule has 0 spiro atoms. The molecule has 0 aromatic heterocycles. The third-order valence-corrected chi connectivity index (χ3v) is 3.65. The second-order valence-electron chi connectivity index (χ2n) is 7.90. The molecule has 1 aliphatic heterocycles. The zero-order valence-electron chi connectivity index (χ0n) is 14.5. The highest BCUT2D eigenvalue weighted by molar-refractivity contribution is 5.76. The van der Waals surface area contributed by atoms with E-state index in [1.807, 2.05) is 9.80 Å². The zero-order valence-corrected chi connectivity index (χ0v) is 14.5. The molecule has 0 aliphatic carbocycles. The van der Waals surface area contributed by atoms with Gasteiger partial charge in [-0.15, -0.1) is 0 Å². The Labute approximate surface area is 129 Å². The first-order chi connectivity index (χ1) is 9.50. The number of nitrogens with one attached hydrogen (secondary N) is 1. The second kappa shape index (κ2) is 6.67. The fourth-order valence-electron chi connectivity index (χ4n) is 3.17. The van der Waals surface area contributed by atoms with E-state index in [0.717, 1.165) is 19.4 Å². The number of hydrogen-bond acceptors (Lipinski definition) is 2. The van der Waals surface area contributed by atoms with Crippen molar-refractivity contribution >= 4 is 11.9 Å². The standard InChI is InChI=1S/C16H31N3O2/c1-13(20)18-8-7-9-19(11-10-18)14(21)17-16(5,6)12-15(2,3)4/h7-12H2,1-6H3,(H,17,21). The number of hydrogen-bond donors (Lipinski definition) is 1. The quantitative estimate of drug-likeness (QED) is 0.851. The van der Waals surface area contributed by atoms with Gasteiger partial charge < -0.3 is 15.1 Å². The Kier molecular flexibility index (Phi) is 5.65. The molecule has 1 saturated heterocycles. The van der Waals surface area contributed by atoms with Crippen molar-refractivity contribution in [1.29, 1.82) is 0 Å². The molecule has 0 aromatic carbocycles. The lowest BCUT2D eigenvalue weighted by Crippen LogP contribution is -2.52. The lowest BCUT2D eigenvalue weighted by Gasteiger charge is -2.35. The Hall–Kier alpha value is -1.26. The summed E-state index contributed by atoms with van der Waals surface area (Å²) in [6.45, 7) is 14.9. The summed E-state index contributed by atoms with van der Waals surface area (Å²) in [7, 11) is 0. The van der Waals surface area contributed by atoms with E-state index in [-0.39, 0.29) is 22.9 Å². The molecule has 0 radical (unpaired) electrons. The van der Waals surface area contributed by atoms with Gasteiger partial charge in [-0.1, -0.05) is 20.8 Å². The predicted octanol–water partition coefficient (Wildman–Crippen LogP) is 2.46. The number of urea groups is 1. The van der Waals surface area contributed by atoms with Crippen LogP contribution in [0.4, 0.5) is 4.79 Å². The smallest absolute Gasteiger partial charge is 0.317 e. The van der Waals surface area contributed by atoms with Crippen LogP contribution in [0.25, 0.3) is 0 Å². The molecule has 21 heavy (non-hydrogen) atoms. The Morgan fingerprint density at radius 1 is 0.952 bits per heavy atom. The molecule has 0 unspecified atom stereocenters. The summed E-state index contributed by atoms with van der Waals surface area (Å²) < 4.78 is 0. The number of rotatable bonds is 2. The van der Waals surface area contributed by atoms with E-state index < -0.39 is 0 Å². The normalized spacial score (nSPS) is 17.4. The summed E-state index contributed by atoms with van der Waals surface area (Å²) in [5, 5.41) is 3.14. The lowest BCUT2D eigenvalue weighted by molar-refractivity contribution is -0.128. The van der Waals surface area contributed by atoms with Gasteiger partial charge in [0.2, 0.25) is 5.91 Å². The van der Waals surface area contributed by atoms with Crippen molar-refractivity contribution in [3.63, 3.8) is 0 Å². The molecule has 1 fully saturated rings. The van der Waals surface area contributed by atoms with Crippen LogP contribution in [0.1, 0.15) is 54.4 Å². The van der Waals surface area contributed by atoms with Crippen molar-refractivity contribution in [2.45, 2.75) is 59.9 Å². The highest BCUT2D eigenvalue weighted by Gasteiger charge is 2.29. The zero-order chi connectivity index (χ0) is 16.3. The molecule has 0 saturated carbocycles. The van der Waals surface area contributed by atoms with Crippen molar-refractivity contribution in [2.75, 3.05) is 26.2 Å². The van der Waals surface area contributed by atoms with E-state index in [9.17, 15) is 9.59 Å². The maximum absolute atomic E-state index is 12.4. The number of amides is 3. The minimum Gasteiger partial charge on any atom is -0.341 e. The molecule has 5 heteroatoms. The Morgan fingerprint density at radius 2 is 1.48 bits per heavy atom. The lowest BCUT2D eigenvalue weighted by atomic mass is 9.82. The Balaban J connectivity index is 2.57. The number of carbonyl (C=O) groups excluding carboxylic acids is 2. The molecule has 1 N–H and O–H groups in total. The molecule has 3 amide bonds. The van der Waals surface area contributed by atoms with Crippen LogP contribution >= 0.6 is 0 Å². The van der Waals surface area contributed by atoms with Crippen LogP contribution in [-0.4, -0.2) is 53.5 Å². The van der Waals surface area contributed by atoms with Crippen molar-refractivity contribution in [3.8, 4) is 0 Å². The van der Waals surface area contributed by atoms with Crippen LogP contribution in [0.5, 0.6) is 0 Å². The van der Waals surface area contributed by atoms with Crippen molar-refractivity contribution < 1.29 is 9.59 Å². The fraction of sp³-hybridized carbons (Fsp3) is 0.875. The van der Waals surface area contributed by atoms with E-state index >= 15 is 0 Å². The third-order valence-electron chi connectivity index (χ3n) is 3.65. The minimum atomic E-state index is -0.234. The summed E-state index contributed by atoms with van der Waals surface area (Å²) in [5.41, 5.74) is -0.0666. The van der Waals surface area contributed by atoms with Crippen LogP contribution < -0.4 is 5.32 Å². The molecule has 0 atom stereocenters. The summed E-state index contributed by atoms with van der Waals surface area (Å²) in [6, 6.07) is -0.0188. The average molecular weight is 297 g/mol. The summed E-state index contributed by atoms with van der Waals surface area (Å²) in [5.74, 6) is 0.0883. The van der Waals surface area contributed by atoms with Gasteiger partial charge in [-0.3, -0.25) is 4.79 Å². The van der Waals surface area contributed by atoms with Crippen LogP contribution in [0.2, 0.25) is 0 Å². The van der Waals surface area contributed by atoms with E-state index in [2.05, 4.69) is 39.9 Å². The highest BCUT2D eigenvalue weighted by Crippen LogP contribution is 2.26.